The van der Waals surface area contributed by atoms with E-state index in [0.29, 0.717) is 30.1 Å². The number of H-pyrrole nitrogens is 1. The zero-order valence-corrected chi connectivity index (χ0v) is 21.4. The number of nitrogens with zero attached hydrogens (tertiary/aromatic N) is 1. The number of benzene rings is 3. The van der Waals surface area contributed by atoms with Crippen LogP contribution in [0.2, 0.25) is 0 Å². The fraction of sp³-hybridized carbons (Fsp3) is 0.241. The van der Waals surface area contributed by atoms with Gasteiger partial charge >= 0.3 is 5.69 Å². The monoisotopic (exact) mass is 519 g/mol. The highest BCUT2D eigenvalue weighted by Crippen LogP contribution is 2.35. The molecule has 1 heterocycles. The normalized spacial score (nSPS) is 12.6. The number of ether oxygens (including phenoxy) is 2. The van der Waals surface area contributed by atoms with Crippen molar-refractivity contribution in [3.05, 3.63) is 100 Å². The number of amides is 1. The van der Waals surface area contributed by atoms with Crippen molar-refractivity contribution >= 4 is 11.6 Å². The van der Waals surface area contributed by atoms with Crippen LogP contribution < -0.4 is 15.7 Å². The molecule has 2 atom stereocenters. The second-order valence-electron chi connectivity index (χ2n) is 8.98. The van der Waals surface area contributed by atoms with E-state index in [4.69, 9.17) is 9.47 Å². The first-order valence-corrected chi connectivity index (χ1v) is 12.2. The molecule has 38 heavy (non-hydrogen) atoms. The number of rotatable bonds is 10. The molecule has 0 fully saturated rings. The summed E-state index contributed by atoms with van der Waals surface area (Å²) in [5, 5.41) is 13.8. The summed E-state index contributed by atoms with van der Waals surface area (Å²) in [6, 6.07) is 19.2. The van der Waals surface area contributed by atoms with Crippen molar-refractivity contribution in [3.8, 4) is 22.9 Å². The Bertz CT molecular complexity index is 1450. The summed E-state index contributed by atoms with van der Waals surface area (Å²) < 4.78 is 26.1. The number of carbonyl (C=O) groups is 1. The molecule has 1 amide bonds. The first kappa shape index (κ1) is 26.7. The van der Waals surface area contributed by atoms with E-state index in [2.05, 4.69) is 10.3 Å². The fourth-order valence-electron chi connectivity index (χ4n) is 4.29. The van der Waals surface area contributed by atoms with E-state index in [1.807, 2.05) is 30.3 Å². The van der Waals surface area contributed by atoms with Crippen molar-refractivity contribution in [2.75, 3.05) is 25.6 Å². The Morgan fingerprint density at radius 1 is 1.08 bits per heavy atom. The molecule has 0 spiro atoms. The summed E-state index contributed by atoms with van der Waals surface area (Å²) in [5.74, 6) is -1.59. The molecular weight excluding hydrogens is 489 g/mol. The molecule has 4 aromatic rings. The lowest BCUT2D eigenvalue weighted by atomic mass is 9.92. The molecule has 0 saturated heterocycles. The van der Waals surface area contributed by atoms with E-state index < -0.39 is 35.3 Å². The molecule has 0 saturated carbocycles. The quantitative estimate of drug-likeness (QED) is 0.256. The van der Waals surface area contributed by atoms with E-state index >= 15 is 0 Å². The minimum absolute atomic E-state index is 0.0155. The first-order chi connectivity index (χ1) is 18.3. The fourth-order valence-corrected chi connectivity index (χ4v) is 4.29. The predicted molar refractivity (Wildman–Crippen MR) is 143 cm³/mol. The number of methoxy groups -OCH3 is 1. The number of nitrogens with one attached hydrogen (secondary N) is 2. The summed E-state index contributed by atoms with van der Waals surface area (Å²) in [5.41, 5.74) is 1.45. The highest BCUT2D eigenvalue weighted by molar-refractivity contribution is 5.94. The van der Waals surface area contributed by atoms with Gasteiger partial charge in [0.2, 0.25) is 11.8 Å². The number of imidazole rings is 1. The Balaban J connectivity index is 1.72. The van der Waals surface area contributed by atoms with Crippen molar-refractivity contribution < 1.29 is 23.8 Å². The van der Waals surface area contributed by atoms with E-state index in [1.165, 1.54) is 12.1 Å². The van der Waals surface area contributed by atoms with Gasteiger partial charge in [-0.1, -0.05) is 43.3 Å². The Kier molecular flexibility index (Phi) is 8.28. The lowest BCUT2D eigenvalue weighted by molar-refractivity contribution is -0.120. The van der Waals surface area contributed by atoms with E-state index in [-0.39, 0.29) is 11.4 Å². The van der Waals surface area contributed by atoms with Gasteiger partial charge < -0.3 is 24.9 Å². The number of hydrogen-bond acceptors (Lipinski definition) is 5. The van der Waals surface area contributed by atoms with E-state index in [9.17, 15) is 19.1 Å². The van der Waals surface area contributed by atoms with Gasteiger partial charge in [-0.15, -0.1) is 0 Å². The van der Waals surface area contributed by atoms with Crippen molar-refractivity contribution in [3.63, 3.8) is 0 Å². The summed E-state index contributed by atoms with van der Waals surface area (Å²) in [6.45, 7) is 4.33. The van der Waals surface area contributed by atoms with Crippen LogP contribution in [0.15, 0.2) is 77.6 Å². The van der Waals surface area contributed by atoms with Gasteiger partial charge in [-0.25, -0.2) is 13.8 Å². The van der Waals surface area contributed by atoms with Gasteiger partial charge in [0.15, 0.2) is 0 Å². The highest BCUT2D eigenvalue weighted by Gasteiger charge is 2.33. The summed E-state index contributed by atoms with van der Waals surface area (Å²) >= 11 is 0. The zero-order chi connectivity index (χ0) is 27.2. The number of aromatic amines is 1. The summed E-state index contributed by atoms with van der Waals surface area (Å²) in [4.78, 5) is 29.4. The zero-order valence-electron chi connectivity index (χ0n) is 21.4. The molecule has 0 bridgehead atoms. The predicted octanol–water partition coefficient (Wildman–Crippen LogP) is 5.01. The van der Waals surface area contributed by atoms with Gasteiger partial charge in [-0.3, -0.25) is 4.79 Å². The second-order valence-corrected chi connectivity index (χ2v) is 8.98. The third-order valence-electron chi connectivity index (χ3n) is 6.33. The molecule has 0 unspecified atom stereocenters. The van der Waals surface area contributed by atoms with Gasteiger partial charge in [-0.2, -0.15) is 0 Å². The maximum Gasteiger partial charge on any atom is 0.329 e. The molecule has 1 aromatic heterocycles. The first-order valence-electron chi connectivity index (χ1n) is 12.2. The Morgan fingerprint density at radius 3 is 2.45 bits per heavy atom. The van der Waals surface area contributed by atoms with Crippen LogP contribution in [0.3, 0.4) is 0 Å². The van der Waals surface area contributed by atoms with Crippen LogP contribution in [-0.2, 0) is 9.53 Å². The van der Waals surface area contributed by atoms with Crippen molar-refractivity contribution in [1.82, 2.24) is 9.55 Å². The molecule has 9 heteroatoms. The molecular formula is C29H30FN3O5. The third-order valence-corrected chi connectivity index (χ3v) is 6.33. The number of aromatic hydroxyl groups is 1. The van der Waals surface area contributed by atoms with Crippen LogP contribution in [0.1, 0.15) is 30.0 Å². The number of carbonyl (C=O) groups excluding carboxylic acids is 1. The smallest absolute Gasteiger partial charge is 0.329 e. The molecule has 3 aromatic carbocycles. The van der Waals surface area contributed by atoms with Gasteiger partial charge in [0.25, 0.3) is 0 Å². The molecule has 0 aliphatic rings. The summed E-state index contributed by atoms with van der Waals surface area (Å²) in [6.07, 6.45) is 0. The molecule has 198 valence electrons. The van der Waals surface area contributed by atoms with Crippen molar-refractivity contribution in [1.29, 1.82) is 0 Å². The Hall–Kier alpha value is -4.37. The molecule has 4 rings (SSSR count). The Labute approximate surface area is 219 Å². The van der Waals surface area contributed by atoms with E-state index in [1.54, 1.807) is 51.3 Å². The van der Waals surface area contributed by atoms with Gasteiger partial charge in [0.05, 0.1) is 12.3 Å². The lowest BCUT2D eigenvalue weighted by Gasteiger charge is -2.25. The molecule has 0 aliphatic heterocycles. The van der Waals surface area contributed by atoms with Crippen molar-refractivity contribution in [2.24, 2.45) is 0 Å². The largest absolute Gasteiger partial charge is 0.493 e. The number of anilines is 1. The van der Waals surface area contributed by atoms with E-state index in [0.717, 1.165) is 10.1 Å². The van der Waals surface area contributed by atoms with Crippen LogP contribution in [0.4, 0.5) is 10.1 Å². The van der Waals surface area contributed by atoms with Crippen LogP contribution in [-0.4, -0.2) is 40.9 Å². The SMILES string of the molecule is COCCOc1ccc(-c2[nH]c(=O)n([C@H](C(=O)Nc3ccc(C)cc3F)[C@@H](C)c3ccccc3)c2O)cc1. The molecule has 3 N–H and O–H groups in total. The average Bonchev–Trinajstić information content (AvgIpc) is 3.20. The van der Waals surface area contributed by atoms with Crippen LogP contribution in [0.5, 0.6) is 11.6 Å². The molecule has 0 radical (unpaired) electrons. The third kappa shape index (κ3) is 5.78. The topological polar surface area (TPSA) is 106 Å². The number of aryl methyl sites for hydroxylation is 1. The maximum absolute atomic E-state index is 14.6. The number of halogens is 1. The van der Waals surface area contributed by atoms with Crippen LogP contribution >= 0.6 is 0 Å². The standard InChI is InChI=1S/C29H30FN3O5/c1-18-9-14-24(23(30)17-18)31-27(34)26(19(2)20-7-5-4-6-8-20)33-28(35)25(32-29(33)36)21-10-12-22(13-11-21)38-16-15-37-3/h4-14,17,19,26,35H,15-16H2,1-3H3,(H,31,34)(H,32,36)/t19-,26-/m0/s1. The maximum atomic E-state index is 14.6. The average molecular weight is 520 g/mol. The van der Waals surface area contributed by atoms with Crippen LogP contribution in [0, 0.1) is 12.7 Å². The van der Waals surface area contributed by atoms with Gasteiger partial charge in [-0.05, 0) is 54.4 Å². The second kappa shape index (κ2) is 11.8. The van der Waals surface area contributed by atoms with Gasteiger partial charge in [0.1, 0.15) is 29.9 Å². The number of hydrogen-bond donors (Lipinski definition) is 3. The Morgan fingerprint density at radius 2 is 1.79 bits per heavy atom. The molecule has 8 nitrogen and oxygen atoms in total. The minimum Gasteiger partial charge on any atom is -0.493 e. The van der Waals surface area contributed by atoms with Gasteiger partial charge in [0, 0.05) is 18.6 Å². The van der Waals surface area contributed by atoms with Crippen LogP contribution in [0.25, 0.3) is 11.3 Å². The highest BCUT2D eigenvalue weighted by atomic mass is 19.1. The summed E-state index contributed by atoms with van der Waals surface area (Å²) in [7, 11) is 1.58. The molecule has 0 aliphatic carbocycles. The minimum atomic E-state index is -1.19. The van der Waals surface area contributed by atoms with Crippen molar-refractivity contribution in [2.45, 2.75) is 25.8 Å². The lowest BCUT2D eigenvalue weighted by Crippen LogP contribution is -2.35. The number of aromatic nitrogens is 2.